The van der Waals surface area contributed by atoms with Crippen LogP contribution in [0.1, 0.15) is 78.3 Å². The molecule has 12 rings (SSSR count). The highest BCUT2D eigenvalue weighted by molar-refractivity contribution is 9.11. The molecule has 0 aliphatic carbocycles. The second-order valence-corrected chi connectivity index (χ2v) is 19.8. The Balaban J connectivity index is 0.000000130. The highest BCUT2D eigenvalue weighted by Gasteiger charge is 2.28. The quantitative estimate of drug-likeness (QED) is 0.0774. The van der Waals surface area contributed by atoms with Crippen molar-refractivity contribution in [2.24, 2.45) is 0 Å². The van der Waals surface area contributed by atoms with E-state index >= 15 is 0 Å². The number of benzene rings is 3. The predicted molar refractivity (Wildman–Crippen MR) is 278 cm³/mol. The maximum Gasteiger partial charge on any atom is 0.338 e. The van der Waals surface area contributed by atoms with Crippen molar-refractivity contribution in [1.82, 2.24) is 40.7 Å². The minimum Gasteiger partial charge on any atom is -0.462 e. The van der Waals surface area contributed by atoms with Gasteiger partial charge in [0.25, 0.3) is 5.91 Å². The number of thiazole rings is 3. The van der Waals surface area contributed by atoms with Gasteiger partial charge in [-0.15, -0.1) is 23.7 Å². The summed E-state index contributed by atoms with van der Waals surface area (Å²) in [6, 6.07) is 28.9. The van der Waals surface area contributed by atoms with Gasteiger partial charge in [-0.05, 0) is 118 Å². The van der Waals surface area contributed by atoms with Crippen molar-refractivity contribution in [3.05, 3.63) is 164 Å². The molecule has 0 fully saturated rings. The van der Waals surface area contributed by atoms with E-state index in [0.29, 0.717) is 49.5 Å². The summed E-state index contributed by atoms with van der Waals surface area (Å²) in [4.78, 5) is 65.6. The first kappa shape index (κ1) is 49.9. The van der Waals surface area contributed by atoms with E-state index in [4.69, 9.17) is 14.7 Å². The van der Waals surface area contributed by atoms with Crippen LogP contribution in [0.5, 0.6) is 0 Å². The van der Waals surface area contributed by atoms with Gasteiger partial charge < -0.3 is 24.6 Å². The number of fused-ring (bicyclic) bond motifs is 6. The van der Waals surface area contributed by atoms with Crippen LogP contribution in [-0.4, -0.2) is 66.2 Å². The number of amides is 1. The van der Waals surface area contributed by atoms with E-state index in [1.165, 1.54) is 5.56 Å². The Bertz CT molecular complexity index is 3240. The summed E-state index contributed by atoms with van der Waals surface area (Å²) in [6.45, 7) is 8.78. The van der Waals surface area contributed by atoms with Crippen molar-refractivity contribution >= 4 is 121 Å². The van der Waals surface area contributed by atoms with Crippen LogP contribution in [0.25, 0.3) is 31.0 Å². The van der Waals surface area contributed by atoms with Gasteiger partial charge in [0, 0.05) is 63.4 Å². The first-order valence-electron chi connectivity index (χ1n) is 21.8. The van der Waals surface area contributed by atoms with Crippen molar-refractivity contribution in [1.29, 1.82) is 0 Å². The molecule has 0 atom stereocenters. The third-order valence-electron chi connectivity index (χ3n) is 11.2. The second-order valence-electron chi connectivity index (χ2n) is 15.5. The van der Waals surface area contributed by atoms with Gasteiger partial charge in [0.2, 0.25) is 0 Å². The van der Waals surface area contributed by atoms with Crippen LogP contribution >= 0.6 is 62.3 Å². The van der Waals surface area contributed by atoms with Gasteiger partial charge in [-0.3, -0.25) is 10.0 Å². The van der Waals surface area contributed by atoms with Crippen molar-refractivity contribution in [3.63, 3.8) is 0 Å². The van der Waals surface area contributed by atoms with E-state index in [1.54, 1.807) is 64.1 Å². The fraction of sp³-hybridized carbons (Fsp3) is 0.204. The monoisotopic (exact) mass is 1080 g/mol. The Morgan fingerprint density at radius 2 is 1.06 bits per heavy atom. The number of nitrogens with one attached hydrogen (secondary N) is 2. The maximum absolute atomic E-state index is 12.1. The standard InChI is InChI=1S/C17H15N3O2S.C15H12N4O2S.C11H13NO2.C6H3BrN2S.ClH/c1-2-22-16(21)12-6-3-5-11-9-20(10-13(11)12)17-19-15-14(23-17)7-4-8-18-15;20-14(18-21)10-4-1-3-9-7-19(8-11(9)10)15-17-13-12(22-15)5-2-6-16-13;1-2-14-11(13)9-5-3-4-8-6-12-7-10(8)9;7-6-9-5-4(10-6)2-1-3-8-5;/h3-8H,2,9-10H2,1H3;1-6,21H,7-8H2,(H,18,20);3-5,12H,2,6-7H2,1H3;1-3H;1H. The van der Waals surface area contributed by atoms with Crippen LogP contribution in [-0.2, 0) is 48.7 Å². The minimum absolute atomic E-state index is 0. The molecule has 1 amide bonds. The molecule has 3 N–H and O–H groups in total. The molecule has 358 valence electrons. The number of nitrogens with zero attached hydrogens (tertiary/aromatic N) is 8. The summed E-state index contributed by atoms with van der Waals surface area (Å²) in [5.74, 6) is -0.949. The zero-order chi connectivity index (χ0) is 47.9. The highest BCUT2D eigenvalue weighted by Crippen LogP contribution is 2.36. The number of rotatable bonds is 7. The van der Waals surface area contributed by atoms with Gasteiger partial charge in [-0.2, -0.15) is 9.97 Å². The first-order chi connectivity index (χ1) is 33.7. The van der Waals surface area contributed by atoms with Crippen LogP contribution in [0.2, 0.25) is 0 Å². The van der Waals surface area contributed by atoms with Crippen molar-refractivity contribution < 1.29 is 29.1 Å². The lowest BCUT2D eigenvalue weighted by molar-refractivity contribution is 0.0515. The molecule has 16 nitrogen and oxygen atoms in total. The van der Waals surface area contributed by atoms with Gasteiger partial charge in [0.05, 0.1) is 38.4 Å². The van der Waals surface area contributed by atoms with E-state index in [9.17, 15) is 14.4 Å². The molecular formula is C49H44BrClN10O6S3. The van der Waals surface area contributed by atoms with Gasteiger partial charge in [-0.25, -0.2) is 35.0 Å². The molecule has 0 saturated carbocycles. The summed E-state index contributed by atoms with van der Waals surface area (Å²) in [7, 11) is 0. The van der Waals surface area contributed by atoms with Crippen LogP contribution in [0.4, 0.5) is 10.3 Å². The summed E-state index contributed by atoms with van der Waals surface area (Å²) in [6.07, 6.45) is 5.23. The lowest BCUT2D eigenvalue weighted by Gasteiger charge is -2.13. The Kier molecular flexibility index (Phi) is 16.3. The Hall–Kier alpha value is -6.52. The van der Waals surface area contributed by atoms with Crippen LogP contribution in [0.3, 0.4) is 0 Å². The number of aromatic nitrogens is 6. The van der Waals surface area contributed by atoms with E-state index < -0.39 is 5.91 Å². The number of ether oxygens (including phenoxy) is 2. The molecule has 0 radical (unpaired) electrons. The molecule has 70 heavy (non-hydrogen) atoms. The summed E-state index contributed by atoms with van der Waals surface area (Å²) >= 11 is 8.10. The molecule has 3 aliphatic heterocycles. The van der Waals surface area contributed by atoms with Gasteiger partial charge in [-0.1, -0.05) is 59.1 Å². The zero-order valence-corrected chi connectivity index (χ0v) is 42.5. The van der Waals surface area contributed by atoms with Crippen molar-refractivity contribution in [3.8, 4) is 0 Å². The number of hydrogen-bond acceptors (Lipinski definition) is 18. The number of anilines is 2. The van der Waals surface area contributed by atoms with E-state index in [1.807, 2.05) is 92.7 Å². The molecule has 21 heteroatoms. The number of esters is 2. The number of carbonyl (C=O) groups excluding carboxylic acids is 3. The smallest absolute Gasteiger partial charge is 0.338 e. The average Bonchev–Trinajstić information content (AvgIpc) is 4.24. The second kappa shape index (κ2) is 22.9. The van der Waals surface area contributed by atoms with E-state index in [2.05, 4.69) is 67.0 Å². The molecule has 9 heterocycles. The number of carbonyl (C=O) groups is 3. The molecule has 6 aromatic heterocycles. The zero-order valence-electron chi connectivity index (χ0n) is 37.6. The fourth-order valence-corrected chi connectivity index (χ4v) is 11.2. The van der Waals surface area contributed by atoms with E-state index in [0.717, 1.165) is 92.7 Å². The molecule has 0 unspecified atom stereocenters. The lowest BCUT2D eigenvalue weighted by atomic mass is 10.0. The number of hydrogen-bond donors (Lipinski definition) is 3. The first-order valence-corrected chi connectivity index (χ1v) is 25.1. The van der Waals surface area contributed by atoms with Crippen LogP contribution < -0.4 is 20.6 Å². The summed E-state index contributed by atoms with van der Waals surface area (Å²) < 4.78 is 14.3. The van der Waals surface area contributed by atoms with E-state index in [-0.39, 0.29) is 24.3 Å². The SMILES string of the molecule is Brc1nc2ncccc2s1.CCOC(=O)c1cccc2c1CN(c1nc3ncccc3s1)C2.CCOC(=O)c1cccc2c1CNC2.Cl.O=C(NO)c1cccc2c1CN(c1nc3ncccc3s1)C2. The summed E-state index contributed by atoms with van der Waals surface area (Å²) in [5, 5.41) is 13.9. The summed E-state index contributed by atoms with van der Waals surface area (Å²) in [5.41, 5.74) is 12.4. The largest absolute Gasteiger partial charge is 0.462 e. The Morgan fingerprint density at radius 1 is 0.600 bits per heavy atom. The lowest BCUT2D eigenvalue weighted by Crippen LogP contribution is -2.21. The Labute approximate surface area is 428 Å². The molecule has 0 saturated heterocycles. The van der Waals surface area contributed by atoms with Crippen molar-refractivity contribution in [2.75, 3.05) is 23.0 Å². The van der Waals surface area contributed by atoms with Gasteiger partial charge in [0.15, 0.2) is 31.1 Å². The topological polar surface area (TPSA) is 198 Å². The Morgan fingerprint density at radius 3 is 1.54 bits per heavy atom. The van der Waals surface area contributed by atoms with Gasteiger partial charge >= 0.3 is 11.9 Å². The molecule has 0 spiro atoms. The maximum atomic E-state index is 12.1. The molecule has 3 aromatic carbocycles. The minimum atomic E-state index is -0.482. The highest BCUT2D eigenvalue weighted by atomic mass is 79.9. The van der Waals surface area contributed by atoms with Crippen LogP contribution in [0.15, 0.2) is 114 Å². The number of pyridine rings is 3. The molecule has 3 aliphatic rings. The van der Waals surface area contributed by atoms with Gasteiger partial charge in [0.1, 0.15) is 0 Å². The molecule has 0 bridgehead atoms. The van der Waals surface area contributed by atoms with Crippen LogP contribution in [0, 0.1) is 0 Å². The molecular weight excluding hydrogens is 1040 g/mol. The molecule has 9 aromatic rings. The third-order valence-corrected chi connectivity index (χ3v) is 14.8. The number of halogens is 2. The number of hydroxylamine groups is 1. The average molecular weight is 1080 g/mol. The predicted octanol–water partition coefficient (Wildman–Crippen LogP) is 10.1. The van der Waals surface area contributed by atoms with Crippen molar-refractivity contribution in [2.45, 2.75) is 53.1 Å². The third kappa shape index (κ3) is 11.1. The normalized spacial score (nSPS) is 12.9. The fourth-order valence-electron chi connectivity index (χ4n) is 8.05.